The zero-order valence-electron chi connectivity index (χ0n) is 27.5. The van der Waals surface area contributed by atoms with E-state index in [0.717, 1.165) is 29.2 Å². The van der Waals surface area contributed by atoms with Crippen molar-refractivity contribution >= 4 is 49.3 Å². The highest BCUT2D eigenvalue weighted by molar-refractivity contribution is 6.17. The van der Waals surface area contributed by atoms with Gasteiger partial charge in [-0.3, -0.25) is 0 Å². The first-order valence-corrected chi connectivity index (χ1v) is 17.4. The van der Waals surface area contributed by atoms with E-state index in [-0.39, 0.29) is 6.10 Å². The molecule has 0 amide bonds. The van der Waals surface area contributed by atoms with E-state index in [9.17, 15) is 0 Å². The fourth-order valence-electron chi connectivity index (χ4n) is 7.91. The number of para-hydroxylation sites is 1. The van der Waals surface area contributed by atoms with Crippen LogP contribution >= 0.6 is 0 Å². The maximum Gasteiger partial charge on any atom is 0.130 e. The normalized spacial score (nSPS) is 14.9. The molecule has 2 heteroatoms. The first-order chi connectivity index (χ1) is 24.8. The van der Waals surface area contributed by atoms with Crippen molar-refractivity contribution in [2.45, 2.75) is 12.5 Å². The zero-order valence-corrected chi connectivity index (χ0v) is 27.5. The summed E-state index contributed by atoms with van der Waals surface area (Å²) < 4.78 is 6.46. The molecule has 1 heterocycles. The van der Waals surface area contributed by atoms with Gasteiger partial charge in [0.2, 0.25) is 0 Å². The van der Waals surface area contributed by atoms with Crippen LogP contribution in [-0.4, -0.2) is 6.10 Å². The molecule has 2 nitrogen and oxygen atoms in total. The molecule has 236 valence electrons. The van der Waals surface area contributed by atoms with Crippen LogP contribution in [0.2, 0.25) is 0 Å². The van der Waals surface area contributed by atoms with E-state index in [4.69, 9.17) is 4.74 Å². The molecule has 0 saturated heterocycles. The Bertz CT molecular complexity index is 2630. The third-order valence-corrected chi connectivity index (χ3v) is 10.3. The van der Waals surface area contributed by atoms with Gasteiger partial charge in [-0.15, -0.1) is 0 Å². The third-order valence-electron chi connectivity index (χ3n) is 10.3. The van der Waals surface area contributed by atoms with Crippen LogP contribution in [0.4, 0.5) is 11.4 Å². The second-order valence-corrected chi connectivity index (χ2v) is 13.2. The van der Waals surface area contributed by atoms with Crippen LogP contribution in [0.25, 0.3) is 60.1 Å². The van der Waals surface area contributed by atoms with Gasteiger partial charge in [0.15, 0.2) is 0 Å². The topological polar surface area (TPSA) is 12.5 Å². The smallest absolute Gasteiger partial charge is 0.130 e. The lowest BCUT2D eigenvalue weighted by Crippen LogP contribution is -2.23. The predicted molar refractivity (Wildman–Crippen MR) is 210 cm³/mol. The minimum atomic E-state index is 0.00411. The minimum absolute atomic E-state index is 0.00411. The summed E-state index contributed by atoms with van der Waals surface area (Å²) in [6.07, 6.45) is 5.38. The van der Waals surface area contributed by atoms with Gasteiger partial charge >= 0.3 is 0 Å². The van der Waals surface area contributed by atoms with Crippen LogP contribution in [0.3, 0.4) is 0 Å². The summed E-state index contributed by atoms with van der Waals surface area (Å²) in [6.45, 7) is 0. The van der Waals surface area contributed by atoms with Crippen molar-refractivity contribution < 1.29 is 4.74 Å². The Labute approximate surface area is 291 Å². The molecule has 0 N–H and O–H groups in total. The van der Waals surface area contributed by atoms with Crippen molar-refractivity contribution in [1.29, 1.82) is 0 Å². The second-order valence-electron chi connectivity index (χ2n) is 13.2. The third kappa shape index (κ3) is 4.72. The van der Waals surface area contributed by atoms with Crippen molar-refractivity contribution in [3.8, 4) is 28.0 Å². The Morgan fingerprint density at radius 2 is 1.04 bits per heavy atom. The summed E-state index contributed by atoms with van der Waals surface area (Å²) >= 11 is 0. The van der Waals surface area contributed by atoms with Crippen molar-refractivity contribution in [2.75, 3.05) is 4.90 Å². The van der Waals surface area contributed by atoms with E-state index < -0.39 is 0 Å². The molecular weight excluding hydrogens is 607 g/mol. The molecule has 1 unspecified atom stereocenters. The first kappa shape index (κ1) is 28.6. The molecule has 0 radical (unpaired) electrons. The Kier molecular flexibility index (Phi) is 6.67. The molecule has 0 saturated carbocycles. The summed E-state index contributed by atoms with van der Waals surface area (Å²) in [7, 11) is 0. The highest BCUT2D eigenvalue weighted by Gasteiger charge is 2.34. The number of benzene rings is 8. The highest BCUT2D eigenvalue weighted by Crippen LogP contribution is 2.46. The molecule has 8 aromatic carbocycles. The predicted octanol–water partition coefficient (Wildman–Crippen LogP) is 12.8. The van der Waals surface area contributed by atoms with E-state index in [1.165, 1.54) is 65.7 Å². The number of ether oxygens (including phenoxy) is 1. The summed E-state index contributed by atoms with van der Waals surface area (Å²) in [5.74, 6) is 0.959. The van der Waals surface area contributed by atoms with E-state index in [1.807, 2.05) is 0 Å². The lowest BCUT2D eigenvalue weighted by Gasteiger charge is -2.31. The van der Waals surface area contributed by atoms with Gasteiger partial charge < -0.3 is 9.64 Å². The maximum atomic E-state index is 6.46. The number of nitrogens with zero attached hydrogens (tertiary/aromatic N) is 1. The minimum Gasteiger partial charge on any atom is -0.485 e. The molecule has 0 aromatic heterocycles. The molecule has 0 bridgehead atoms. The maximum absolute atomic E-state index is 6.46. The Hall–Kier alpha value is -6.38. The van der Waals surface area contributed by atoms with Gasteiger partial charge in [0.05, 0.1) is 5.70 Å². The number of hydrogen-bond acceptors (Lipinski definition) is 2. The van der Waals surface area contributed by atoms with Gasteiger partial charge in [-0.1, -0.05) is 140 Å². The lowest BCUT2D eigenvalue weighted by atomic mass is 9.92. The first-order valence-electron chi connectivity index (χ1n) is 17.4. The number of fused-ring (bicyclic) bond motifs is 8. The van der Waals surface area contributed by atoms with E-state index in [0.29, 0.717) is 0 Å². The van der Waals surface area contributed by atoms with Gasteiger partial charge in [-0.05, 0) is 97.0 Å². The van der Waals surface area contributed by atoms with E-state index >= 15 is 0 Å². The SMILES string of the molecule is C1=CC(N(c2ccc(-c3ccccc3)cc2)c2ccc(-c3ccc4c(ccc5c6ccccc6ccc45)c3)cc2)=C2c3ccccc3OC2C1. The fraction of sp³-hybridized carbons (Fsp3) is 0.0417. The van der Waals surface area contributed by atoms with Crippen LogP contribution in [0.15, 0.2) is 188 Å². The Morgan fingerprint density at radius 1 is 0.460 bits per heavy atom. The standard InChI is InChI=1S/C48H33NO/c1-2-9-32(10-3-1)33-17-24-38(25-18-33)49(45-14-8-16-47-48(45)44-13-6-7-15-46(44)50-47)39-26-19-34(20-27-39)36-22-28-41-37(31-36)23-30-42-40-12-5-4-11-35(40)21-29-43(41)42/h1-15,17-31,47H,16H2. The second kappa shape index (κ2) is 11.6. The van der Waals surface area contributed by atoms with Gasteiger partial charge in [0, 0.05) is 28.9 Å². The molecule has 1 atom stereocenters. The summed E-state index contributed by atoms with van der Waals surface area (Å²) in [5.41, 5.74) is 10.6. The lowest BCUT2D eigenvalue weighted by molar-refractivity contribution is 0.278. The Morgan fingerprint density at radius 3 is 1.82 bits per heavy atom. The number of rotatable bonds is 5. The van der Waals surface area contributed by atoms with Crippen molar-refractivity contribution in [2.24, 2.45) is 0 Å². The van der Waals surface area contributed by atoms with Crippen molar-refractivity contribution in [1.82, 2.24) is 0 Å². The van der Waals surface area contributed by atoms with Crippen LogP contribution in [0.5, 0.6) is 5.75 Å². The Balaban J connectivity index is 1.06. The zero-order chi connectivity index (χ0) is 33.0. The average Bonchev–Trinajstić information content (AvgIpc) is 3.58. The van der Waals surface area contributed by atoms with E-state index in [1.54, 1.807) is 0 Å². The van der Waals surface area contributed by atoms with Crippen LogP contribution in [0, 0.1) is 0 Å². The van der Waals surface area contributed by atoms with Gasteiger partial charge in [-0.25, -0.2) is 0 Å². The van der Waals surface area contributed by atoms with Gasteiger partial charge in [0.1, 0.15) is 11.9 Å². The summed E-state index contributed by atoms with van der Waals surface area (Å²) in [6, 6.07) is 61.5. The molecule has 0 spiro atoms. The molecule has 50 heavy (non-hydrogen) atoms. The van der Waals surface area contributed by atoms with Crippen molar-refractivity contribution in [3.63, 3.8) is 0 Å². The molecule has 0 fully saturated rings. The number of anilines is 2. The van der Waals surface area contributed by atoms with Crippen molar-refractivity contribution in [3.05, 3.63) is 193 Å². The van der Waals surface area contributed by atoms with Gasteiger partial charge in [-0.2, -0.15) is 0 Å². The highest BCUT2D eigenvalue weighted by atomic mass is 16.5. The summed E-state index contributed by atoms with van der Waals surface area (Å²) in [4.78, 5) is 2.39. The molecule has 1 aliphatic carbocycles. The monoisotopic (exact) mass is 639 g/mol. The molecule has 1 aliphatic heterocycles. The van der Waals surface area contributed by atoms with Gasteiger partial charge in [0.25, 0.3) is 0 Å². The largest absolute Gasteiger partial charge is 0.485 e. The number of allylic oxidation sites excluding steroid dienone is 1. The average molecular weight is 640 g/mol. The van der Waals surface area contributed by atoms with Crippen LogP contribution in [0.1, 0.15) is 12.0 Å². The number of hydrogen-bond donors (Lipinski definition) is 0. The quantitative estimate of drug-likeness (QED) is 0.174. The van der Waals surface area contributed by atoms with E-state index in [2.05, 4.69) is 187 Å². The summed E-state index contributed by atoms with van der Waals surface area (Å²) in [5, 5.41) is 7.70. The fourth-order valence-corrected chi connectivity index (χ4v) is 7.91. The van der Waals surface area contributed by atoms with Crippen LogP contribution in [-0.2, 0) is 0 Å². The molecule has 10 rings (SSSR count). The van der Waals surface area contributed by atoms with Crippen LogP contribution < -0.4 is 9.64 Å². The molecule has 2 aliphatic rings. The molecular formula is C48H33NO. The molecule has 8 aromatic rings.